The van der Waals surface area contributed by atoms with E-state index in [0.29, 0.717) is 30.5 Å². The normalized spacial score (nSPS) is 24.0. The van der Waals surface area contributed by atoms with Crippen LogP contribution in [0.25, 0.3) is 0 Å². The Morgan fingerprint density at radius 3 is 1.61 bits per heavy atom. The third-order valence-corrected chi connectivity index (χ3v) is 15.4. The number of esters is 1. The SMILES string of the molecule is C=CCC[C@H]1C(OS(C)(C)C(C)(C)C)CC(OS(C)(C)C(C)(C)C)[C@@H]1CCCCC.CCC(=O)OC. The average molecular weight is 551 g/mol. The molecule has 1 rings (SSSR count). The first-order chi connectivity index (χ1) is 16.4. The van der Waals surface area contributed by atoms with Crippen LogP contribution in [0.4, 0.5) is 0 Å². The number of ether oxygens (including phenoxy) is 1. The van der Waals surface area contributed by atoms with Crippen molar-refractivity contribution in [2.24, 2.45) is 11.8 Å². The fourth-order valence-electron chi connectivity index (χ4n) is 4.14. The van der Waals surface area contributed by atoms with Gasteiger partial charge in [0.1, 0.15) is 0 Å². The minimum Gasteiger partial charge on any atom is -0.469 e. The summed E-state index contributed by atoms with van der Waals surface area (Å²) in [4.78, 5) is 9.96. The van der Waals surface area contributed by atoms with Crippen LogP contribution in [0, 0.1) is 11.8 Å². The molecule has 0 amide bonds. The topological polar surface area (TPSA) is 44.8 Å². The third-order valence-electron chi connectivity index (χ3n) is 8.01. The van der Waals surface area contributed by atoms with Crippen molar-refractivity contribution in [1.82, 2.24) is 0 Å². The largest absolute Gasteiger partial charge is 0.469 e. The molecule has 2 unspecified atom stereocenters. The number of methoxy groups -OCH3 is 1. The van der Waals surface area contributed by atoms with Crippen LogP contribution in [0.2, 0.25) is 0 Å². The van der Waals surface area contributed by atoms with E-state index >= 15 is 0 Å². The molecule has 1 fully saturated rings. The summed E-state index contributed by atoms with van der Waals surface area (Å²) in [6.45, 7) is 22.0. The maximum atomic E-state index is 9.96. The highest BCUT2D eigenvalue weighted by Crippen LogP contribution is 2.61. The number of rotatable bonds is 12. The van der Waals surface area contributed by atoms with Crippen molar-refractivity contribution in [3.05, 3.63) is 12.7 Å². The smallest absolute Gasteiger partial charge is 0.305 e. The van der Waals surface area contributed by atoms with Gasteiger partial charge >= 0.3 is 5.97 Å². The fraction of sp³-hybridized carbons (Fsp3) is 0.900. The molecule has 218 valence electrons. The van der Waals surface area contributed by atoms with E-state index in [0.717, 1.165) is 12.8 Å². The molecule has 1 aliphatic rings. The Labute approximate surface area is 229 Å². The van der Waals surface area contributed by atoms with Crippen molar-refractivity contribution in [2.45, 2.75) is 128 Å². The molecule has 1 saturated carbocycles. The second-order valence-electron chi connectivity index (χ2n) is 12.8. The van der Waals surface area contributed by atoms with E-state index in [1.54, 1.807) is 6.92 Å². The Bertz CT molecular complexity index is 640. The zero-order valence-corrected chi connectivity index (χ0v) is 27.8. The van der Waals surface area contributed by atoms with Crippen molar-refractivity contribution >= 4 is 26.6 Å². The summed E-state index contributed by atoms with van der Waals surface area (Å²) in [5, 5.41) is 0. The first-order valence-corrected chi connectivity index (χ1v) is 18.6. The highest BCUT2D eigenvalue weighted by Gasteiger charge is 2.48. The van der Waals surface area contributed by atoms with E-state index in [9.17, 15) is 4.79 Å². The van der Waals surface area contributed by atoms with E-state index in [1.165, 1.54) is 39.2 Å². The highest BCUT2D eigenvalue weighted by atomic mass is 32.3. The molecule has 0 heterocycles. The Hall–Kier alpha value is -0.170. The van der Waals surface area contributed by atoms with Crippen LogP contribution in [-0.2, 0) is 17.9 Å². The zero-order valence-electron chi connectivity index (χ0n) is 26.2. The Morgan fingerprint density at radius 2 is 1.31 bits per heavy atom. The van der Waals surface area contributed by atoms with Crippen molar-refractivity contribution in [3.63, 3.8) is 0 Å². The van der Waals surface area contributed by atoms with Crippen LogP contribution < -0.4 is 0 Å². The molecule has 0 aliphatic heterocycles. The number of allylic oxidation sites excluding steroid dienone is 1. The lowest BCUT2D eigenvalue weighted by Crippen LogP contribution is -2.32. The summed E-state index contributed by atoms with van der Waals surface area (Å²) in [5.41, 5.74) is 0. The molecule has 0 aromatic heterocycles. The molecule has 0 saturated heterocycles. The second-order valence-corrected chi connectivity index (χ2v) is 20.6. The molecular formula is C30H62O4S2. The lowest BCUT2D eigenvalue weighted by Gasteiger charge is -2.47. The van der Waals surface area contributed by atoms with Gasteiger partial charge in [-0.3, -0.25) is 4.79 Å². The van der Waals surface area contributed by atoms with Gasteiger partial charge in [0.2, 0.25) is 0 Å². The van der Waals surface area contributed by atoms with E-state index in [4.69, 9.17) is 8.37 Å². The predicted molar refractivity (Wildman–Crippen MR) is 166 cm³/mol. The number of unbranched alkanes of at least 4 members (excludes halogenated alkanes) is 2. The lowest BCUT2D eigenvalue weighted by atomic mass is 9.85. The van der Waals surface area contributed by atoms with Gasteiger partial charge in [-0.25, -0.2) is 0 Å². The first kappa shape index (κ1) is 35.8. The van der Waals surface area contributed by atoms with Gasteiger partial charge in [0.15, 0.2) is 0 Å². The van der Waals surface area contributed by atoms with Crippen molar-refractivity contribution in [3.8, 4) is 0 Å². The van der Waals surface area contributed by atoms with Crippen LogP contribution >= 0.6 is 20.6 Å². The van der Waals surface area contributed by atoms with Gasteiger partial charge in [-0.1, -0.05) is 80.7 Å². The summed E-state index contributed by atoms with van der Waals surface area (Å²) < 4.78 is 18.7. The minimum atomic E-state index is -1.16. The van der Waals surface area contributed by atoms with Gasteiger partial charge in [0.05, 0.1) is 19.3 Å². The van der Waals surface area contributed by atoms with Gasteiger partial charge in [-0.05, 0) is 56.1 Å². The Kier molecular flexibility index (Phi) is 15.4. The van der Waals surface area contributed by atoms with Gasteiger partial charge in [-0.15, -0.1) is 27.2 Å². The molecule has 0 radical (unpaired) electrons. The molecule has 4 atom stereocenters. The Morgan fingerprint density at radius 1 is 0.861 bits per heavy atom. The summed E-state index contributed by atoms with van der Waals surface area (Å²) >= 11 is 0. The van der Waals surface area contributed by atoms with Crippen molar-refractivity contribution in [1.29, 1.82) is 0 Å². The molecule has 0 spiro atoms. The van der Waals surface area contributed by atoms with Crippen molar-refractivity contribution < 1.29 is 17.9 Å². The summed E-state index contributed by atoms with van der Waals surface area (Å²) in [5.74, 6) is 1.02. The first-order valence-electron chi connectivity index (χ1n) is 13.9. The highest BCUT2D eigenvalue weighted by molar-refractivity contribution is 8.30. The number of hydrogen-bond donors (Lipinski definition) is 0. The average Bonchev–Trinajstić information content (AvgIpc) is 3.05. The lowest BCUT2D eigenvalue weighted by molar-refractivity contribution is -0.140. The van der Waals surface area contributed by atoms with Gasteiger partial charge in [0, 0.05) is 22.3 Å². The van der Waals surface area contributed by atoms with E-state index in [1.807, 2.05) is 0 Å². The van der Waals surface area contributed by atoms with Crippen LogP contribution in [0.1, 0.15) is 107 Å². The third kappa shape index (κ3) is 11.3. The zero-order chi connectivity index (χ0) is 28.4. The van der Waals surface area contributed by atoms with Gasteiger partial charge in [0.25, 0.3) is 0 Å². The molecule has 0 bridgehead atoms. The second kappa shape index (κ2) is 15.4. The summed E-state index contributed by atoms with van der Waals surface area (Å²) in [6, 6.07) is 0. The number of hydrogen-bond acceptors (Lipinski definition) is 4. The fourth-order valence-corrected chi connectivity index (χ4v) is 6.40. The molecule has 36 heavy (non-hydrogen) atoms. The molecule has 1 aliphatic carbocycles. The van der Waals surface area contributed by atoms with Crippen LogP contribution in [0.5, 0.6) is 0 Å². The summed E-state index contributed by atoms with van der Waals surface area (Å²) in [6.07, 6.45) is 21.1. The standard InChI is InChI=1S/C26H54O2S2.C4H8O2/c1-13-15-17-19-22-21(18-16-14-2)23(27-29(9,10)25(3,4)5)20-24(22)28-30(11,12)26(6,7)8;1-3-4(5)6-2/h14,21-24H,2,13,15-20H2,1,3-12H3;3H2,1-2H3/t21-,22-,23?,24?;/m1./s1. The maximum absolute atomic E-state index is 9.96. The molecular weight excluding hydrogens is 488 g/mol. The minimum absolute atomic E-state index is 0.157. The molecule has 0 aromatic carbocycles. The van der Waals surface area contributed by atoms with E-state index in [2.05, 4.69) is 90.9 Å². The predicted octanol–water partition coefficient (Wildman–Crippen LogP) is 9.06. The van der Waals surface area contributed by atoms with Gasteiger partial charge in [-0.2, -0.15) is 0 Å². The quantitative estimate of drug-likeness (QED) is 0.138. The Balaban J connectivity index is 0.00000181. The number of carbonyl (C=O) groups is 1. The maximum Gasteiger partial charge on any atom is 0.305 e. The molecule has 0 aromatic rings. The van der Waals surface area contributed by atoms with Crippen molar-refractivity contribution in [2.75, 3.05) is 32.1 Å². The van der Waals surface area contributed by atoms with Crippen LogP contribution in [0.15, 0.2) is 12.7 Å². The van der Waals surface area contributed by atoms with E-state index < -0.39 is 20.6 Å². The number of carbonyl (C=O) groups excluding carboxylic acids is 1. The monoisotopic (exact) mass is 550 g/mol. The molecule has 0 N–H and O–H groups in total. The molecule has 6 heteroatoms. The molecule has 4 nitrogen and oxygen atoms in total. The van der Waals surface area contributed by atoms with E-state index in [-0.39, 0.29) is 15.5 Å². The van der Waals surface area contributed by atoms with Crippen LogP contribution in [0.3, 0.4) is 0 Å². The van der Waals surface area contributed by atoms with Gasteiger partial charge < -0.3 is 13.1 Å². The van der Waals surface area contributed by atoms with Crippen LogP contribution in [-0.4, -0.2) is 59.8 Å². The summed E-state index contributed by atoms with van der Waals surface area (Å²) in [7, 11) is -0.930.